The van der Waals surface area contributed by atoms with Crippen molar-refractivity contribution in [2.45, 2.75) is 25.0 Å². The second kappa shape index (κ2) is 8.65. The van der Waals surface area contributed by atoms with Gasteiger partial charge < -0.3 is 24.6 Å². The molecule has 6 heteroatoms. The van der Waals surface area contributed by atoms with Crippen molar-refractivity contribution in [3.8, 4) is 0 Å². The zero-order valence-corrected chi connectivity index (χ0v) is 15.2. The summed E-state index contributed by atoms with van der Waals surface area (Å²) < 4.78 is 11.5. The molecule has 2 aliphatic heterocycles. The number of carbonyl (C=O) groups excluding carboxylic acids is 1. The molecule has 1 N–H and O–H groups in total. The van der Waals surface area contributed by atoms with Crippen molar-refractivity contribution in [3.63, 3.8) is 0 Å². The third kappa shape index (κ3) is 4.93. The van der Waals surface area contributed by atoms with Gasteiger partial charge in [0.15, 0.2) is 0 Å². The van der Waals surface area contributed by atoms with E-state index in [1.807, 2.05) is 20.2 Å². The summed E-state index contributed by atoms with van der Waals surface area (Å²) in [6.45, 7) is 4.05. The molecule has 0 spiro atoms. The SMILES string of the molecule is CN(C)CCO[C@H]1CCOC[C@H]1NC(=O)CN1CCc2ccccc21. The maximum absolute atomic E-state index is 12.5. The van der Waals surface area contributed by atoms with Crippen LogP contribution in [0.4, 0.5) is 5.69 Å². The molecule has 138 valence electrons. The fraction of sp³-hybridized carbons (Fsp3) is 0.632. The number of benzene rings is 1. The molecule has 0 saturated carbocycles. The molecule has 2 heterocycles. The van der Waals surface area contributed by atoms with Crippen LogP contribution in [-0.4, -0.2) is 76.5 Å². The van der Waals surface area contributed by atoms with E-state index in [2.05, 4.69) is 33.3 Å². The first-order valence-electron chi connectivity index (χ1n) is 9.10. The van der Waals surface area contributed by atoms with E-state index in [1.165, 1.54) is 11.3 Å². The van der Waals surface area contributed by atoms with Gasteiger partial charge in [0.25, 0.3) is 0 Å². The van der Waals surface area contributed by atoms with Crippen LogP contribution in [0, 0.1) is 0 Å². The average Bonchev–Trinajstić information content (AvgIpc) is 2.99. The van der Waals surface area contributed by atoms with Gasteiger partial charge in [0.05, 0.1) is 31.9 Å². The van der Waals surface area contributed by atoms with Crippen LogP contribution in [-0.2, 0) is 20.7 Å². The Balaban J connectivity index is 1.50. The smallest absolute Gasteiger partial charge is 0.239 e. The average molecular weight is 347 g/mol. The van der Waals surface area contributed by atoms with E-state index in [0.717, 1.165) is 25.9 Å². The maximum Gasteiger partial charge on any atom is 0.239 e. The minimum Gasteiger partial charge on any atom is -0.379 e. The van der Waals surface area contributed by atoms with Crippen LogP contribution < -0.4 is 10.2 Å². The van der Waals surface area contributed by atoms with Gasteiger partial charge in [-0.3, -0.25) is 4.79 Å². The van der Waals surface area contributed by atoms with Crippen molar-refractivity contribution >= 4 is 11.6 Å². The van der Waals surface area contributed by atoms with Gasteiger partial charge in [0, 0.05) is 25.4 Å². The van der Waals surface area contributed by atoms with E-state index in [0.29, 0.717) is 26.4 Å². The number of likely N-dealkylation sites (N-methyl/N-ethyl adjacent to an activating group) is 1. The Morgan fingerprint density at radius 3 is 3.08 bits per heavy atom. The minimum atomic E-state index is -0.0683. The first kappa shape index (κ1) is 18.2. The number of ether oxygens (including phenoxy) is 2. The third-order valence-corrected chi connectivity index (χ3v) is 4.83. The lowest BCUT2D eigenvalue weighted by atomic mass is 10.1. The van der Waals surface area contributed by atoms with Crippen molar-refractivity contribution < 1.29 is 14.3 Å². The van der Waals surface area contributed by atoms with Gasteiger partial charge >= 0.3 is 0 Å². The lowest BCUT2D eigenvalue weighted by molar-refractivity contribution is -0.124. The molecule has 3 rings (SSSR count). The van der Waals surface area contributed by atoms with Crippen molar-refractivity contribution in [2.24, 2.45) is 0 Å². The summed E-state index contributed by atoms with van der Waals surface area (Å²) in [5.74, 6) is 0.0356. The molecule has 1 aromatic rings. The summed E-state index contributed by atoms with van der Waals surface area (Å²) in [5.41, 5.74) is 2.50. The van der Waals surface area contributed by atoms with E-state index < -0.39 is 0 Å². The number of amides is 1. The van der Waals surface area contributed by atoms with Crippen molar-refractivity contribution in [2.75, 3.05) is 58.5 Å². The number of rotatable bonds is 7. The van der Waals surface area contributed by atoms with Gasteiger partial charge in [-0.05, 0) is 38.6 Å². The summed E-state index contributed by atoms with van der Waals surface area (Å²) in [6, 6.07) is 8.24. The lowest BCUT2D eigenvalue weighted by Crippen LogP contribution is -2.53. The Labute approximate surface area is 150 Å². The van der Waals surface area contributed by atoms with Crippen LogP contribution in [0.3, 0.4) is 0 Å². The number of hydrogen-bond donors (Lipinski definition) is 1. The second-order valence-corrected chi connectivity index (χ2v) is 7.05. The van der Waals surface area contributed by atoms with Gasteiger partial charge in [0.1, 0.15) is 0 Å². The summed E-state index contributed by atoms with van der Waals surface area (Å²) in [4.78, 5) is 16.8. The van der Waals surface area contributed by atoms with Crippen LogP contribution in [0.5, 0.6) is 0 Å². The molecular weight excluding hydrogens is 318 g/mol. The molecule has 1 amide bonds. The second-order valence-electron chi connectivity index (χ2n) is 7.05. The number of hydrogen-bond acceptors (Lipinski definition) is 5. The fourth-order valence-corrected chi connectivity index (χ4v) is 3.44. The predicted molar refractivity (Wildman–Crippen MR) is 98.0 cm³/mol. The molecule has 1 aromatic carbocycles. The van der Waals surface area contributed by atoms with E-state index in [-0.39, 0.29) is 18.1 Å². The standard InChI is InChI=1S/C19H29N3O3/c1-21(2)10-12-25-18-8-11-24-14-16(18)20-19(23)13-22-9-7-15-5-3-4-6-17(15)22/h3-6,16,18H,7-14H2,1-2H3,(H,20,23)/t16-,18+/m1/s1. The number of fused-ring (bicyclic) bond motifs is 1. The zero-order valence-electron chi connectivity index (χ0n) is 15.2. The molecule has 2 aliphatic rings. The number of anilines is 1. The molecule has 25 heavy (non-hydrogen) atoms. The predicted octanol–water partition coefficient (Wildman–Crippen LogP) is 0.901. The number of carbonyl (C=O) groups is 1. The molecule has 6 nitrogen and oxygen atoms in total. The van der Waals surface area contributed by atoms with Gasteiger partial charge in [-0.25, -0.2) is 0 Å². The number of para-hydroxylation sites is 1. The Morgan fingerprint density at radius 1 is 1.40 bits per heavy atom. The Kier molecular flexibility index (Phi) is 6.29. The summed E-state index contributed by atoms with van der Waals surface area (Å²) in [6.07, 6.45) is 1.86. The van der Waals surface area contributed by atoms with Crippen LogP contribution in [0.2, 0.25) is 0 Å². The quantitative estimate of drug-likeness (QED) is 0.794. The lowest BCUT2D eigenvalue weighted by Gasteiger charge is -2.33. The zero-order chi connectivity index (χ0) is 17.6. The van der Waals surface area contributed by atoms with Crippen LogP contribution in [0.1, 0.15) is 12.0 Å². The highest BCUT2D eigenvalue weighted by Crippen LogP contribution is 2.26. The van der Waals surface area contributed by atoms with Crippen LogP contribution in [0.25, 0.3) is 0 Å². The topological polar surface area (TPSA) is 54.0 Å². The van der Waals surface area contributed by atoms with Gasteiger partial charge in [-0.1, -0.05) is 18.2 Å². The van der Waals surface area contributed by atoms with E-state index in [9.17, 15) is 4.79 Å². The Bertz CT molecular complexity index is 579. The molecule has 0 radical (unpaired) electrons. The van der Waals surface area contributed by atoms with Crippen molar-refractivity contribution in [1.82, 2.24) is 10.2 Å². The van der Waals surface area contributed by atoms with Crippen LogP contribution >= 0.6 is 0 Å². The normalized spacial score (nSPS) is 22.9. The third-order valence-electron chi connectivity index (χ3n) is 4.83. The molecule has 1 fully saturated rings. The summed E-state index contributed by atoms with van der Waals surface area (Å²) in [7, 11) is 4.06. The Morgan fingerprint density at radius 2 is 2.24 bits per heavy atom. The minimum absolute atomic E-state index is 0.0310. The monoisotopic (exact) mass is 347 g/mol. The van der Waals surface area contributed by atoms with Crippen molar-refractivity contribution in [3.05, 3.63) is 29.8 Å². The first-order chi connectivity index (χ1) is 12.1. The molecule has 0 unspecified atom stereocenters. The van der Waals surface area contributed by atoms with Gasteiger partial charge in [-0.2, -0.15) is 0 Å². The fourth-order valence-electron chi connectivity index (χ4n) is 3.44. The van der Waals surface area contributed by atoms with E-state index in [4.69, 9.17) is 9.47 Å². The summed E-state index contributed by atoms with van der Waals surface area (Å²) in [5, 5.41) is 3.12. The first-order valence-corrected chi connectivity index (χ1v) is 9.10. The number of nitrogens with one attached hydrogen (secondary N) is 1. The Hall–Kier alpha value is -1.63. The molecule has 0 aromatic heterocycles. The largest absolute Gasteiger partial charge is 0.379 e. The van der Waals surface area contributed by atoms with Crippen LogP contribution in [0.15, 0.2) is 24.3 Å². The molecule has 2 atom stereocenters. The molecule has 1 saturated heterocycles. The molecular formula is C19H29N3O3. The number of nitrogens with zero attached hydrogens (tertiary/aromatic N) is 2. The van der Waals surface area contributed by atoms with Gasteiger partial charge in [0.2, 0.25) is 5.91 Å². The maximum atomic E-state index is 12.5. The molecule has 0 bridgehead atoms. The van der Waals surface area contributed by atoms with E-state index in [1.54, 1.807) is 0 Å². The van der Waals surface area contributed by atoms with E-state index >= 15 is 0 Å². The van der Waals surface area contributed by atoms with Crippen molar-refractivity contribution in [1.29, 1.82) is 0 Å². The highest BCUT2D eigenvalue weighted by Gasteiger charge is 2.29. The highest BCUT2D eigenvalue weighted by molar-refractivity contribution is 5.82. The highest BCUT2D eigenvalue weighted by atomic mass is 16.5. The molecule has 0 aliphatic carbocycles. The summed E-state index contributed by atoms with van der Waals surface area (Å²) >= 11 is 0. The van der Waals surface area contributed by atoms with Gasteiger partial charge in [-0.15, -0.1) is 0 Å².